The first-order chi connectivity index (χ1) is 13.1. The molecule has 1 saturated heterocycles. The third kappa shape index (κ3) is 3.53. The lowest BCUT2D eigenvalue weighted by molar-refractivity contribution is -0.115. The molecule has 3 aromatic rings. The summed E-state index contributed by atoms with van der Waals surface area (Å²) >= 11 is 0. The van der Waals surface area contributed by atoms with Gasteiger partial charge in [0.1, 0.15) is 18.1 Å². The monoisotopic (exact) mass is 358 g/mol. The molecule has 0 bridgehead atoms. The van der Waals surface area contributed by atoms with Crippen molar-refractivity contribution in [1.29, 1.82) is 0 Å². The topological polar surface area (TPSA) is 67.4 Å². The van der Waals surface area contributed by atoms with E-state index in [1.165, 1.54) is 5.56 Å². The highest BCUT2D eigenvalue weighted by Gasteiger charge is 2.23. The minimum absolute atomic E-state index is 0.205. The van der Waals surface area contributed by atoms with Crippen molar-refractivity contribution in [2.24, 2.45) is 0 Å². The number of urea groups is 1. The van der Waals surface area contributed by atoms with Gasteiger partial charge in [-0.1, -0.05) is 60.2 Å². The van der Waals surface area contributed by atoms with Gasteiger partial charge in [0.05, 0.1) is 0 Å². The van der Waals surface area contributed by atoms with Crippen LogP contribution < -0.4 is 15.4 Å². The van der Waals surface area contributed by atoms with Crippen molar-refractivity contribution in [3.05, 3.63) is 83.1 Å². The molecule has 0 aliphatic carbocycles. The zero-order valence-corrected chi connectivity index (χ0v) is 14.8. The van der Waals surface area contributed by atoms with E-state index in [0.717, 1.165) is 21.9 Å². The predicted octanol–water partition coefficient (Wildman–Crippen LogP) is 3.91. The number of hydrogen-bond donors (Lipinski definition) is 2. The summed E-state index contributed by atoms with van der Waals surface area (Å²) in [4.78, 5) is 23.4. The van der Waals surface area contributed by atoms with Gasteiger partial charge in [0.15, 0.2) is 0 Å². The molecule has 2 N–H and O–H groups in total. The quantitative estimate of drug-likeness (QED) is 0.549. The molecule has 27 heavy (non-hydrogen) atoms. The molecule has 3 amide bonds. The highest BCUT2D eigenvalue weighted by atomic mass is 16.5. The zero-order chi connectivity index (χ0) is 18.8. The smallest absolute Gasteiger partial charge is 0.326 e. The molecule has 1 aliphatic rings. The Morgan fingerprint density at radius 3 is 2.44 bits per heavy atom. The Morgan fingerprint density at radius 2 is 1.70 bits per heavy atom. The number of hydrogen-bond acceptors (Lipinski definition) is 3. The molecule has 4 rings (SSSR count). The molecule has 0 unspecified atom stereocenters. The maximum absolute atomic E-state index is 11.9. The molecule has 0 aromatic heterocycles. The SMILES string of the molecule is Cc1ccc(COc2ccc3ccccc3c2/C=C2\NC(=O)NC2=O)cc1. The Kier molecular flexibility index (Phi) is 4.34. The van der Waals surface area contributed by atoms with Crippen LogP contribution in [0.2, 0.25) is 0 Å². The molecule has 1 aliphatic heterocycles. The molecule has 5 heteroatoms. The lowest BCUT2D eigenvalue weighted by Crippen LogP contribution is -2.22. The maximum Gasteiger partial charge on any atom is 0.326 e. The van der Waals surface area contributed by atoms with E-state index in [9.17, 15) is 9.59 Å². The summed E-state index contributed by atoms with van der Waals surface area (Å²) in [5, 5.41) is 6.72. The van der Waals surface area contributed by atoms with Gasteiger partial charge in [-0.2, -0.15) is 0 Å². The summed E-state index contributed by atoms with van der Waals surface area (Å²) in [6, 6.07) is 19.3. The third-order valence-corrected chi connectivity index (χ3v) is 4.45. The molecule has 1 fully saturated rings. The molecule has 0 atom stereocenters. The molecular formula is C22H18N2O3. The normalized spacial score (nSPS) is 15.1. The Balaban J connectivity index is 1.73. The van der Waals surface area contributed by atoms with Gasteiger partial charge in [-0.15, -0.1) is 0 Å². The van der Waals surface area contributed by atoms with Crippen LogP contribution in [-0.2, 0) is 11.4 Å². The number of fused-ring (bicyclic) bond motifs is 1. The summed E-state index contributed by atoms with van der Waals surface area (Å²) in [5.41, 5.74) is 3.21. The number of carbonyl (C=O) groups excluding carboxylic acids is 2. The van der Waals surface area contributed by atoms with Crippen molar-refractivity contribution in [1.82, 2.24) is 10.6 Å². The number of benzene rings is 3. The molecule has 0 spiro atoms. The van der Waals surface area contributed by atoms with Crippen LogP contribution in [0.15, 0.2) is 66.4 Å². The first-order valence-corrected chi connectivity index (χ1v) is 8.64. The molecular weight excluding hydrogens is 340 g/mol. The van der Waals surface area contributed by atoms with Crippen molar-refractivity contribution in [3.63, 3.8) is 0 Å². The molecule has 0 saturated carbocycles. The lowest BCUT2D eigenvalue weighted by Gasteiger charge is -2.13. The summed E-state index contributed by atoms with van der Waals surface area (Å²) < 4.78 is 6.05. The molecule has 134 valence electrons. The van der Waals surface area contributed by atoms with E-state index in [1.54, 1.807) is 6.08 Å². The summed E-state index contributed by atoms with van der Waals surface area (Å²) in [6.45, 7) is 2.45. The average molecular weight is 358 g/mol. The summed E-state index contributed by atoms with van der Waals surface area (Å²) in [6.07, 6.45) is 1.66. The Morgan fingerprint density at radius 1 is 0.926 bits per heavy atom. The van der Waals surface area contributed by atoms with Gasteiger partial charge >= 0.3 is 6.03 Å². The summed E-state index contributed by atoms with van der Waals surface area (Å²) in [7, 11) is 0. The minimum atomic E-state index is -0.520. The van der Waals surface area contributed by atoms with E-state index in [0.29, 0.717) is 12.4 Å². The number of nitrogens with one attached hydrogen (secondary N) is 2. The molecule has 5 nitrogen and oxygen atoms in total. The first-order valence-electron chi connectivity index (χ1n) is 8.64. The highest BCUT2D eigenvalue weighted by molar-refractivity contribution is 6.14. The standard InChI is InChI=1S/C22H18N2O3/c1-14-6-8-15(9-7-14)13-27-20-11-10-16-4-2-3-5-17(16)18(20)12-19-21(25)24-22(26)23-19/h2-12H,13H2,1H3,(H2,23,24,25,26)/b19-12-. The first kappa shape index (κ1) is 16.8. The minimum Gasteiger partial charge on any atom is -0.488 e. The maximum atomic E-state index is 11.9. The number of ether oxygens (including phenoxy) is 1. The second-order valence-corrected chi connectivity index (χ2v) is 6.44. The average Bonchev–Trinajstić information content (AvgIpc) is 2.99. The van der Waals surface area contributed by atoms with Gasteiger partial charge in [0, 0.05) is 5.56 Å². The van der Waals surface area contributed by atoms with E-state index in [4.69, 9.17) is 4.74 Å². The highest BCUT2D eigenvalue weighted by Crippen LogP contribution is 2.31. The van der Waals surface area contributed by atoms with Crippen molar-refractivity contribution in [3.8, 4) is 5.75 Å². The van der Waals surface area contributed by atoms with E-state index in [2.05, 4.69) is 10.6 Å². The van der Waals surface area contributed by atoms with Crippen LogP contribution in [0.1, 0.15) is 16.7 Å². The van der Waals surface area contributed by atoms with Crippen molar-refractivity contribution in [2.45, 2.75) is 13.5 Å². The number of amides is 3. The fourth-order valence-corrected chi connectivity index (χ4v) is 3.02. The largest absolute Gasteiger partial charge is 0.488 e. The van der Waals surface area contributed by atoms with Crippen LogP contribution in [0.4, 0.5) is 4.79 Å². The van der Waals surface area contributed by atoms with Gasteiger partial charge < -0.3 is 10.1 Å². The Bertz CT molecular complexity index is 1070. The lowest BCUT2D eigenvalue weighted by atomic mass is 10.0. The van der Waals surface area contributed by atoms with Crippen molar-refractivity contribution >= 4 is 28.8 Å². The fraction of sp³-hybridized carbons (Fsp3) is 0.0909. The second-order valence-electron chi connectivity index (χ2n) is 6.44. The predicted molar refractivity (Wildman–Crippen MR) is 104 cm³/mol. The van der Waals surface area contributed by atoms with E-state index in [-0.39, 0.29) is 5.70 Å². The Labute approximate surface area is 156 Å². The Hall–Kier alpha value is -3.60. The molecule has 1 heterocycles. The zero-order valence-electron chi connectivity index (χ0n) is 14.8. The second kappa shape index (κ2) is 6.96. The van der Waals surface area contributed by atoms with Gasteiger partial charge in [0.25, 0.3) is 5.91 Å². The van der Waals surface area contributed by atoms with Gasteiger partial charge in [0.2, 0.25) is 0 Å². The van der Waals surface area contributed by atoms with Crippen LogP contribution in [0.25, 0.3) is 16.8 Å². The van der Waals surface area contributed by atoms with E-state index < -0.39 is 11.9 Å². The third-order valence-electron chi connectivity index (χ3n) is 4.45. The number of imide groups is 1. The molecule has 0 radical (unpaired) electrons. The van der Waals surface area contributed by atoms with Gasteiger partial charge in [-0.25, -0.2) is 4.79 Å². The van der Waals surface area contributed by atoms with Crippen LogP contribution in [0.5, 0.6) is 5.75 Å². The number of carbonyl (C=O) groups is 2. The van der Waals surface area contributed by atoms with Crippen LogP contribution in [0, 0.1) is 6.92 Å². The fourth-order valence-electron chi connectivity index (χ4n) is 3.02. The summed E-state index contributed by atoms with van der Waals surface area (Å²) in [5.74, 6) is 0.202. The van der Waals surface area contributed by atoms with Crippen LogP contribution >= 0.6 is 0 Å². The number of rotatable bonds is 4. The van der Waals surface area contributed by atoms with E-state index in [1.807, 2.05) is 67.6 Å². The molecule has 3 aromatic carbocycles. The van der Waals surface area contributed by atoms with Gasteiger partial charge in [-0.3, -0.25) is 10.1 Å². The van der Waals surface area contributed by atoms with E-state index >= 15 is 0 Å². The van der Waals surface area contributed by atoms with Crippen molar-refractivity contribution in [2.75, 3.05) is 0 Å². The van der Waals surface area contributed by atoms with Crippen LogP contribution in [-0.4, -0.2) is 11.9 Å². The van der Waals surface area contributed by atoms with Crippen molar-refractivity contribution < 1.29 is 14.3 Å². The number of aryl methyl sites for hydroxylation is 1. The van der Waals surface area contributed by atoms with Gasteiger partial charge in [-0.05, 0) is 35.4 Å². The van der Waals surface area contributed by atoms with Crippen LogP contribution in [0.3, 0.4) is 0 Å².